The lowest BCUT2D eigenvalue weighted by molar-refractivity contribution is -0.0602. The van der Waals surface area contributed by atoms with Gasteiger partial charge in [0.05, 0.1) is 12.3 Å². The molecule has 13 heavy (non-hydrogen) atoms. The van der Waals surface area contributed by atoms with Gasteiger partial charge in [0.15, 0.2) is 0 Å². The molecule has 3 heteroatoms. The van der Waals surface area contributed by atoms with Gasteiger partial charge in [-0.3, -0.25) is 10.2 Å². The van der Waals surface area contributed by atoms with E-state index >= 15 is 0 Å². The largest absolute Gasteiger partial charge is 0.378 e. The summed E-state index contributed by atoms with van der Waals surface area (Å²) < 4.78 is 5.63. The van der Waals surface area contributed by atoms with Crippen molar-refractivity contribution in [3.63, 3.8) is 0 Å². The Balaban J connectivity index is 2.09. The Hall–Kier alpha value is -0.120. The Morgan fingerprint density at radius 1 is 1.46 bits per heavy atom. The van der Waals surface area contributed by atoms with Gasteiger partial charge in [0.1, 0.15) is 0 Å². The van der Waals surface area contributed by atoms with Crippen LogP contribution in [0.4, 0.5) is 0 Å². The van der Waals surface area contributed by atoms with Crippen molar-refractivity contribution >= 4 is 0 Å². The molecule has 2 rings (SSSR count). The van der Waals surface area contributed by atoms with E-state index in [-0.39, 0.29) is 5.66 Å². The van der Waals surface area contributed by atoms with Crippen LogP contribution in [-0.2, 0) is 4.74 Å². The normalized spacial score (nSPS) is 36.2. The monoisotopic (exact) mass is 184 g/mol. The number of hydrogen-bond donors (Lipinski definition) is 1. The molecule has 76 valence electrons. The first-order chi connectivity index (χ1) is 6.25. The van der Waals surface area contributed by atoms with Crippen molar-refractivity contribution < 1.29 is 4.74 Å². The molecule has 2 heterocycles. The lowest BCUT2D eigenvalue weighted by Crippen LogP contribution is -2.70. The summed E-state index contributed by atoms with van der Waals surface area (Å²) in [6.45, 7) is 8.65. The Morgan fingerprint density at radius 3 is 2.77 bits per heavy atom. The third-order valence-corrected chi connectivity index (χ3v) is 3.19. The third-order valence-electron chi connectivity index (χ3n) is 3.19. The fourth-order valence-electron chi connectivity index (χ4n) is 2.41. The van der Waals surface area contributed by atoms with Crippen LogP contribution in [0.5, 0.6) is 0 Å². The van der Waals surface area contributed by atoms with Gasteiger partial charge in [-0.1, -0.05) is 0 Å². The number of nitrogens with zero attached hydrogens (tertiary/aromatic N) is 1. The van der Waals surface area contributed by atoms with Crippen molar-refractivity contribution in [3.05, 3.63) is 0 Å². The van der Waals surface area contributed by atoms with Gasteiger partial charge >= 0.3 is 0 Å². The highest BCUT2D eigenvalue weighted by Crippen LogP contribution is 2.28. The first kappa shape index (κ1) is 9.44. The topological polar surface area (TPSA) is 24.5 Å². The van der Waals surface area contributed by atoms with Gasteiger partial charge in [-0.25, -0.2) is 0 Å². The summed E-state index contributed by atoms with van der Waals surface area (Å²) >= 11 is 0. The average molecular weight is 184 g/mol. The highest BCUT2D eigenvalue weighted by Gasteiger charge is 2.44. The van der Waals surface area contributed by atoms with Crippen molar-refractivity contribution in [3.8, 4) is 0 Å². The molecule has 2 aliphatic heterocycles. The van der Waals surface area contributed by atoms with Gasteiger partial charge in [-0.05, 0) is 26.7 Å². The minimum absolute atomic E-state index is 0.185. The molecule has 2 saturated heterocycles. The predicted octanol–water partition coefficient (Wildman–Crippen LogP) is 0.807. The van der Waals surface area contributed by atoms with Crippen LogP contribution < -0.4 is 5.32 Å². The van der Waals surface area contributed by atoms with Crippen LogP contribution >= 0.6 is 0 Å². The Morgan fingerprint density at radius 2 is 2.23 bits per heavy atom. The number of hydrogen-bond acceptors (Lipinski definition) is 3. The zero-order chi connectivity index (χ0) is 9.31. The lowest BCUT2D eigenvalue weighted by Gasteiger charge is -2.51. The Bertz CT molecular complexity index is 178. The summed E-state index contributed by atoms with van der Waals surface area (Å²) in [5.74, 6) is 0. The molecule has 0 saturated carbocycles. The van der Waals surface area contributed by atoms with E-state index in [1.807, 2.05) is 0 Å². The number of rotatable bonds is 1. The molecule has 0 unspecified atom stereocenters. The molecule has 0 radical (unpaired) electrons. The Kier molecular flexibility index (Phi) is 2.58. The first-order valence-corrected chi connectivity index (χ1v) is 5.34. The summed E-state index contributed by atoms with van der Waals surface area (Å²) in [6.07, 6.45) is 2.41. The molecular weight excluding hydrogens is 164 g/mol. The van der Waals surface area contributed by atoms with Crippen molar-refractivity contribution in [2.45, 2.75) is 38.4 Å². The van der Waals surface area contributed by atoms with E-state index < -0.39 is 0 Å². The maximum absolute atomic E-state index is 5.63. The highest BCUT2D eigenvalue weighted by atomic mass is 16.5. The minimum Gasteiger partial charge on any atom is -0.378 e. The summed E-state index contributed by atoms with van der Waals surface area (Å²) in [5.41, 5.74) is 0.185. The van der Waals surface area contributed by atoms with Crippen LogP contribution in [0.1, 0.15) is 26.7 Å². The van der Waals surface area contributed by atoms with Gasteiger partial charge in [-0.2, -0.15) is 0 Å². The zero-order valence-electron chi connectivity index (χ0n) is 8.68. The van der Waals surface area contributed by atoms with Crippen LogP contribution in [0.25, 0.3) is 0 Å². The van der Waals surface area contributed by atoms with Gasteiger partial charge in [-0.15, -0.1) is 0 Å². The van der Waals surface area contributed by atoms with E-state index in [9.17, 15) is 0 Å². The molecule has 3 nitrogen and oxygen atoms in total. The first-order valence-electron chi connectivity index (χ1n) is 5.34. The highest BCUT2D eigenvalue weighted by molar-refractivity contribution is 4.98. The summed E-state index contributed by atoms with van der Waals surface area (Å²) in [7, 11) is 0. The van der Waals surface area contributed by atoms with Gasteiger partial charge < -0.3 is 4.74 Å². The summed E-state index contributed by atoms with van der Waals surface area (Å²) in [6, 6.07) is 0.620. The fourth-order valence-corrected chi connectivity index (χ4v) is 2.41. The molecule has 0 aromatic heterocycles. The minimum atomic E-state index is 0.185. The maximum Gasteiger partial charge on any atom is 0.0967 e. The summed E-state index contributed by atoms with van der Waals surface area (Å²) in [4.78, 5) is 2.56. The third kappa shape index (κ3) is 1.60. The van der Waals surface area contributed by atoms with Crippen molar-refractivity contribution in [2.24, 2.45) is 0 Å². The van der Waals surface area contributed by atoms with Gasteiger partial charge in [0, 0.05) is 25.7 Å². The van der Waals surface area contributed by atoms with E-state index in [1.165, 1.54) is 19.4 Å². The molecule has 1 spiro atoms. The molecule has 2 fully saturated rings. The second kappa shape index (κ2) is 3.56. The molecule has 0 bridgehead atoms. The molecule has 0 amide bonds. The maximum atomic E-state index is 5.63. The second-order valence-electron chi connectivity index (χ2n) is 4.40. The van der Waals surface area contributed by atoms with Crippen molar-refractivity contribution in [2.75, 3.05) is 26.3 Å². The zero-order valence-corrected chi connectivity index (χ0v) is 8.68. The molecule has 0 aliphatic carbocycles. The number of nitrogens with one attached hydrogen (secondary N) is 1. The molecular formula is C10H20N2O. The lowest BCUT2D eigenvalue weighted by atomic mass is 9.95. The average Bonchev–Trinajstić information content (AvgIpc) is 2.23. The van der Waals surface area contributed by atoms with Crippen LogP contribution in [-0.4, -0.2) is 42.9 Å². The van der Waals surface area contributed by atoms with Crippen LogP contribution in [0.3, 0.4) is 0 Å². The molecule has 0 aromatic carbocycles. The molecule has 1 N–H and O–H groups in total. The molecule has 2 aliphatic rings. The van der Waals surface area contributed by atoms with Crippen LogP contribution in [0.15, 0.2) is 0 Å². The summed E-state index contributed by atoms with van der Waals surface area (Å²) in [5, 5.41) is 3.53. The molecule has 1 atom stereocenters. The van der Waals surface area contributed by atoms with E-state index in [1.54, 1.807) is 0 Å². The van der Waals surface area contributed by atoms with Crippen LogP contribution in [0.2, 0.25) is 0 Å². The van der Waals surface area contributed by atoms with E-state index in [2.05, 4.69) is 24.1 Å². The number of ether oxygens (including phenoxy) is 1. The predicted molar refractivity (Wildman–Crippen MR) is 52.6 cm³/mol. The SMILES string of the molecule is CC(C)N1CCCOC[C@@]12CCN2. The standard InChI is InChI=1S/C10H20N2O/c1-9(2)12-6-3-7-13-8-10(12)4-5-11-10/h9,11H,3-8H2,1-2H3/t10-/m1/s1. The second-order valence-corrected chi connectivity index (χ2v) is 4.40. The Labute approximate surface area is 80.4 Å². The van der Waals surface area contributed by atoms with Crippen LogP contribution in [0, 0.1) is 0 Å². The van der Waals surface area contributed by atoms with Gasteiger partial charge in [0.2, 0.25) is 0 Å². The van der Waals surface area contributed by atoms with E-state index in [0.717, 1.165) is 19.8 Å². The quantitative estimate of drug-likeness (QED) is 0.652. The molecule has 0 aromatic rings. The smallest absolute Gasteiger partial charge is 0.0967 e. The van der Waals surface area contributed by atoms with E-state index in [4.69, 9.17) is 4.74 Å². The fraction of sp³-hybridized carbons (Fsp3) is 1.00. The van der Waals surface area contributed by atoms with Crippen molar-refractivity contribution in [1.82, 2.24) is 10.2 Å². The van der Waals surface area contributed by atoms with Gasteiger partial charge in [0.25, 0.3) is 0 Å². The van der Waals surface area contributed by atoms with E-state index in [0.29, 0.717) is 6.04 Å². The van der Waals surface area contributed by atoms with Crippen molar-refractivity contribution in [1.29, 1.82) is 0 Å².